The van der Waals surface area contributed by atoms with Crippen LogP contribution in [0.5, 0.6) is 0 Å². The number of carbonyl (C=O) groups is 2. The lowest BCUT2D eigenvalue weighted by atomic mass is 10.0. The summed E-state index contributed by atoms with van der Waals surface area (Å²) in [6.07, 6.45) is 81.4. The second-order valence-electron chi connectivity index (χ2n) is 24.2. The van der Waals surface area contributed by atoms with Gasteiger partial charge in [0, 0.05) is 12.8 Å². The molecule has 0 bridgehead atoms. The van der Waals surface area contributed by atoms with Gasteiger partial charge in [0.1, 0.15) is 0 Å². The molecule has 1 amide bonds. The first-order valence-corrected chi connectivity index (χ1v) is 35.0. The highest BCUT2D eigenvalue weighted by Gasteiger charge is 2.18. The van der Waals surface area contributed by atoms with E-state index in [0.717, 1.165) is 38.5 Å². The zero-order valence-electron chi connectivity index (χ0n) is 51.8. The van der Waals surface area contributed by atoms with Crippen LogP contribution in [0.4, 0.5) is 0 Å². The number of aliphatic hydroxyl groups is 2. The minimum atomic E-state index is -0.844. The highest BCUT2D eigenvalue weighted by Crippen LogP contribution is 2.19. The second kappa shape index (κ2) is 66.1. The molecule has 3 N–H and O–H groups in total. The van der Waals surface area contributed by atoms with Gasteiger partial charge >= 0.3 is 5.97 Å². The van der Waals surface area contributed by atoms with Crippen molar-refractivity contribution < 1.29 is 24.5 Å². The summed E-state index contributed by atoms with van der Waals surface area (Å²) in [6, 6.07) is -0.627. The van der Waals surface area contributed by atoms with Crippen LogP contribution >= 0.6 is 0 Å². The molecule has 0 aromatic rings. The van der Waals surface area contributed by atoms with Gasteiger partial charge in [0.05, 0.1) is 25.4 Å². The third-order valence-corrected chi connectivity index (χ3v) is 16.6. The van der Waals surface area contributed by atoms with Gasteiger partial charge in [-0.25, -0.2) is 0 Å². The van der Waals surface area contributed by atoms with E-state index >= 15 is 0 Å². The number of esters is 1. The van der Waals surface area contributed by atoms with Crippen molar-refractivity contribution in [2.24, 2.45) is 0 Å². The largest absolute Gasteiger partial charge is 0.466 e. The van der Waals surface area contributed by atoms with Crippen LogP contribution in [0, 0.1) is 0 Å². The van der Waals surface area contributed by atoms with Crippen molar-refractivity contribution in [1.29, 1.82) is 0 Å². The molecule has 0 saturated heterocycles. The van der Waals surface area contributed by atoms with Crippen molar-refractivity contribution in [3.05, 3.63) is 12.2 Å². The van der Waals surface area contributed by atoms with Crippen molar-refractivity contribution in [1.82, 2.24) is 5.32 Å². The fourth-order valence-corrected chi connectivity index (χ4v) is 11.2. The quantitative estimate of drug-likeness (QED) is 0.0320. The first-order valence-electron chi connectivity index (χ1n) is 35.0. The molecule has 0 aliphatic carbocycles. The Morgan fingerprint density at radius 1 is 0.355 bits per heavy atom. The average Bonchev–Trinajstić information content (AvgIpc) is 3.42. The molecule has 2 unspecified atom stereocenters. The molecule has 0 aliphatic heterocycles. The summed E-state index contributed by atoms with van der Waals surface area (Å²) in [4.78, 5) is 24.6. The Hall–Kier alpha value is -1.40. The predicted molar refractivity (Wildman–Crippen MR) is 333 cm³/mol. The topological polar surface area (TPSA) is 95.9 Å². The standard InChI is InChI=1S/C70H137NO5/c1-3-5-7-9-11-13-15-17-19-20-21-26-29-32-35-38-42-46-50-54-58-62-68(73)67(66-72)71-69(74)63-59-55-51-47-43-39-36-33-30-27-24-22-23-25-28-31-34-37-41-45-49-53-57-61-65-76-70(75)64-60-56-52-48-44-40-18-16-14-12-10-8-6-4-2/h58,62,67-68,72-73H,3-57,59-61,63-66H2,1-2H3,(H,71,74)/b62-58+. The summed E-state index contributed by atoms with van der Waals surface area (Å²) in [6.45, 7) is 4.95. The van der Waals surface area contributed by atoms with Crippen LogP contribution in [0.2, 0.25) is 0 Å². The number of allylic oxidation sites excluding steroid dienone is 1. The van der Waals surface area contributed by atoms with Crippen LogP contribution < -0.4 is 5.32 Å². The van der Waals surface area contributed by atoms with Gasteiger partial charge < -0.3 is 20.3 Å². The molecule has 2 atom stereocenters. The Labute approximate surface area is 476 Å². The molecule has 0 rings (SSSR count). The fraction of sp³-hybridized carbons (Fsp3) is 0.943. The van der Waals surface area contributed by atoms with Crippen LogP contribution in [-0.2, 0) is 14.3 Å². The Morgan fingerprint density at radius 2 is 0.605 bits per heavy atom. The molecule has 0 aromatic carbocycles. The van der Waals surface area contributed by atoms with E-state index in [1.165, 1.54) is 334 Å². The van der Waals surface area contributed by atoms with Gasteiger partial charge in [0.2, 0.25) is 5.91 Å². The molecular formula is C70H137NO5. The lowest BCUT2D eigenvalue weighted by molar-refractivity contribution is -0.143. The molecule has 452 valence electrons. The zero-order chi connectivity index (χ0) is 55.0. The van der Waals surface area contributed by atoms with Gasteiger partial charge in [-0.05, 0) is 32.1 Å². The molecule has 6 nitrogen and oxygen atoms in total. The molecule has 0 aliphatic rings. The van der Waals surface area contributed by atoms with E-state index in [4.69, 9.17) is 4.74 Å². The Balaban J connectivity index is 3.38. The van der Waals surface area contributed by atoms with E-state index in [9.17, 15) is 19.8 Å². The van der Waals surface area contributed by atoms with Gasteiger partial charge in [-0.15, -0.1) is 0 Å². The van der Waals surface area contributed by atoms with Gasteiger partial charge in [-0.2, -0.15) is 0 Å². The van der Waals surface area contributed by atoms with Crippen LogP contribution in [0.3, 0.4) is 0 Å². The summed E-state index contributed by atoms with van der Waals surface area (Å²) in [5.41, 5.74) is 0. The molecule has 0 saturated carbocycles. The van der Waals surface area contributed by atoms with E-state index in [-0.39, 0.29) is 18.5 Å². The summed E-state index contributed by atoms with van der Waals surface area (Å²) in [5.74, 6) is -0.0439. The highest BCUT2D eigenvalue weighted by molar-refractivity contribution is 5.76. The highest BCUT2D eigenvalue weighted by atomic mass is 16.5. The molecule has 0 aromatic heterocycles. The number of hydrogen-bond acceptors (Lipinski definition) is 5. The maximum atomic E-state index is 12.5. The maximum Gasteiger partial charge on any atom is 0.305 e. The number of ether oxygens (including phenoxy) is 1. The van der Waals surface area contributed by atoms with Crippen LogP contribution in [0.15, 0.2) is 12.2 Å². The van der Waals surface area contributed by atoms with E-state index in [1.54, 1.807) is 6.08 Å². The number of unbranched alkanes of at least 4 members (excludes halogenated alkanes) is 55. The molecule has 0 fully saturated rings. The van der Waals surface area contributed by atoms with E-state index in [2.05, 4.69) is 19.2 Å². The lowest BCUT2D eigenvalue weighted by Gasteiger charge is -2.20. The Morgan fingerprint density at radius 3 is 0.895 bits per heavy atom. The fourth-order valence-electron chi connectivity index (χ4n) is 11.2. The van der Waals surface area contributed by atoms with Gasteiger partial charge in [0.25, 0.3) is 0 Å². The number of rotatable bonds is 66. The predicted octanol–water partition coefficient (Wildman–Crippen LogP) is 22.4. The molecule has 6 heteroatoms. The van der Waals surface area contributed by atoms with Gasteiger partial charge in [0.15, 0.2) is 0 Å². The number of carbonyl (C=O) groups excluding carboxylic acids is 2. The maximum absolute atomic E-state index is 12.5. The van der Waals surface area contributed by atoms with Crippen molar-refractivity contribution in [3.8, 4) is 0 Å². The third-order valence-electron chi connectivity index (χ3n) is 16.6. The SMILES string of the molecule is CCCCCCCCCCCCCCCCCCCCC/C=C/C(O)C(CO)NC(=O)CCCCCCCCCCCCCCCCCCCCCCCCCCOC(=O)CCCCCCCCCCCCCCCC. The van der Waals surface area contributed by atoms with E-state index in [1.807, 2.05) is 6.08 Å². The average molecular weight is 1070 g/mol. The van der Waals surface area contributed by atoms with Gasteiger partial charge in [-0.3, -0.25) is 9.59 Å². The number of amides is 1. The molecular weight excluding hydrogens is 935 g/mol. The third kappa shape index (κ3) is 61.8. The molecule has 0 heterocycles. The van der Waals surface area contributed by atoms with Crippen molar-refractivity contribution in [3.63, 3.8) is 0 Å². The number of aliphatic hydroxyl groups excluding tert-OH is 2. The summed E-state index contributed by atoms with van der Waals surface area (Å²) < 4.78 is 5.49. The number of hydrogen-bond donors (Lipinski definition) is 3. The first-order chi connectivity index (χ1) is 37.5. The van der Waals surface area contributed by atoms with Crippen molar-refractivity contribution in [2.45, 2.75) is 411 Å². The van der Waals surface area contributed by atoms with Crippen molar-refractivity contribution >= 4 is 11.9 Å². The second-order valence-corrected chi connectivity index (χ2v) is 24.2. The Bertz CT molecular complexity index is 1140. The van der Waals surface area contributed by atoms with E-state index in [0.29, 0.717) is 19.4 Å². The lowest BCUT2D eigenvalue weighted by Crippen LogP contribution is -2.45. The van der Waals surface area contributed by atoms with Crippen LogP contribution in [0.25, 0.3) is 0 Å². The molecule has 0 radical (unpaired) electrons. The Kier molecular flexibility index (Phi) is 64.9. The first kappa shape index (κ1) is 74.6. The molecule has 0 spiro atoms. The smallest absolute Gasteiger partial charge is 0.305 e. The van der Waals surface area contributed by atoms with Crippen molar-refractivity contribution in [2.75, 3.05) is 13.2 Å². The number of nitrogens with one attached hydrogen (secondary N) is 1. The molecule has 76 heavy (non-hydrogen) atoms. The summed E-state index contributed by atoms with van der Waals surface area (Å²) in [5, 5.41) is 23.2. The zero-order valence-corrected chi connectivity index (χ0v) is 51.8. The normalized spacial score (nSPS) is 12.5. The minimum absolute atomic E-state index is 0.0183. The van der Waals surface area contributed by atoms with Crippen LogP contribution in [-0.4, -0.2) is 47.4 Å². The monoisotopic (exact) mass is 1070 g/mol. The van der Waals surface area contributed by atoms with E-state index < -0.39 is 12.1 Å². The summed E-state index contributed by atoms with van der Waals surface area (Å²) >= 11 is 0. The summed E-state index contributed by atoms with van der Waals surface area (Å²) in [7, 11) is 0. The van der Waals surface area contributed by atoms with Crippen LogP contribution in [0.1, 0.15) is 399 Å². The van der Waals surface area contributed by atoms with Gasteiger partial charge in [-0.1, -0.05) is 366 Å². The minimum Gasteiger partial charge on any atom is -0.466 e.